The molecular formula is C19H30O3. The van der Waals surface area contributed by atoms with E-state index in [2.05, 4.69) is 13.8 Å². The lowest BCUT2D eigenvalue weighted by Crippen LogP contribution is -2.58. The fourth-order valence-electron chi connectivity index (χ4n) is 7.34. The van der Waals surface area contributed by atoms with Crippen molar-refractivity contribution in [2.75, 3.05) is 6.61 Å². The summed E-state index contributed by atoms with van der Waals surface area (Å²) in [7, 11) is 0. The van der Waals surface area contributed by atoms with Crippen LogP contribution in [0.1, 0.15) is 65.2 Å². The maximum absolute atomic E-state index is 12.2. The quantitative estimate of drug-likeness (QED) is 0.783. The summed E-state index contributed by atoms with van der Waals surface area (Å²) in [5.41, 5.74) is -0.268. The van der Waals surface area contributed by atoms with Crippen LogP contribution in [0.3, 0.4) is 0 Å². The molecule has 4 rings (SSSR count). The Morgan fingerprint density at radius 3 is 2.68 bits per heavy atom. The molecule has 2 N–H and O–H groups in total. The topological polar surface area (TPSA) is 57.5 Å². The van der Waals surface area contributed by atoms with E-state index in [4.69, 9.17) is 0 Å². The summed E-state index contributed by atoms with van der Waals surface area (Å²) in [6, 6.07) is 0. The smallest absolute Gasteiger partial charge is 0.136 e. The van der Waals surface area contributed by atoms with Gasteiger partial charge in [0.1, 0.15) is 5.78 Å². The standard InChI is InChI=1S/C19H30O3/c1-12-15-4-3-13-9-14-10-18(13,7-8-19(14,22)11-20)17(15,2)6-5-16(12)21/h12-15,20,22H,3-11H2,1-2H3/t12?,13?,14?,15?,17-,18-,19+/m1/s1. The molecule has 1 spiro atoms. The van der Waals surface area contributed by atoms with Crippen molar-refractivity contribution in [1.29, 1.82) is 0 Å². The summed E-state index contributed by atoms with van der Waals surface area (Å²) in [5, 5.41) is 20.5. The molecule has 4 unspecified atom stereocenters. The predicted octanol–water partition coefficient (Wildman–Crippen LogP) is 2.93. The molecule has 0 aromatic rings. The average Bonchev–Trinajstić information content (AvgIpc) is 2.85. The van der Waals surface area contributed by atoms with Crippen LogP contribution in [0.2, 0.25) is 0 Å². The van der Waals surface area contributed by atoms with E-state index in [9.17, 15) is 15.0 Å². The maximum Gasteiger partial charge on any atom is 0.136 e. The minimum Gasteiger partial charge on any atom is -0.393 e. The molecule has 2 bridgehead atoms. The Hall–Kier alpha value is -0.410. The largest absolute Gasteiger partial charge is 0.393 e. The summed E-state index contributed by atoms with van der Waals surface area (Å²) >= 11 is 0. The number of aliphatic hydroxyl groups is 2. The van der Waals surface area contributed by atoms with E-state index in [1.165, 1.54) is 12.8 Å². The van der Waals surface area contributed by atoms with Gasteiger partial charge in [0.2, 0.25) is 0 Å². The molecule has 4 aliphatic carbocycles. The summed E-state index contributed by atoms with van der Waals surface area (Å²) in [5.74, 6) is 2.17. The zero-order chi connectivity index (χ0) is 15.8. The molecular weight excluding hydrogens is 276 g/mol. The van der Waals surface area contributed by atoms with Crippen LogP contribution >= 0.6 is 0 Å². The summed E-state index contributed by atoms with van der Waals surface area (Å²) in [6.07, 6.45) is 8.13. The molecule has 4 saturated carbocycles. The van der Waals surface area contributed by atoms with Crippen molar-refractivity contribution in [2.24, 2.45) is 34.5 Å². The van der Waals surface area contributed by atoms with Gasteiger partial charge in [-0.05, 0) is 73.5 Å². The highest BCUT2D eigenvalue weighted by Crippen LogP contribution is 2.73. The molecule has 0 saturated heterocycles. The first kappa shape index (κ1) is 15.1. The highest BCUT2D eigenvalue weighted by atomic mass is 16.3. The number of carbonyl (C=O) groups excluding carboxylic acids is 1. The zero-order valence-corrected chi connectivity index (χ0v) is 14.0. The van der Waals surface area contributed by atoms with Gasteiger partial charge in [-0.2, -0.15) is 0 Å². The van der Waals surface area contributed by atoms with Gasteiger partial charge in [-0.15, -0.1) is 0 Å². The van der Waals surface area contributed by atoms with E-state index in [1.807, 2.05) is 0 Å². The normalized spacial score (nSPS) is 57.4. The fourth-order valence-corrected chi connectivity index (χ4v) is 7.34. The van der Waals surface area contributed by atoms with Crippen molar-refractivity contribution in [3.8, 4) is 0 Å². The van der Waals surface area contributed by atoms with Crippen molar-refractivity contribution in [3.63, 3.8) is 0 Å². The third kappa shape index (κ3) is 1.62. The number of rotatable bonds is 1. The fraction of sp³-hybridized carbons (Fsp3) is 0.947. The van der Waals surface area contributed by atoms with E-state index in [0.717, 1.165) is 38.5 Å². The first-order valence-corrected chi connectivity index (χ1v) is 9.22. The Morgan fingerprint density at radius 2 is 1.95 bits per heavy atom. The molecule has 0 aliphatic heterocycles. The Bertz CT molecular complexity index is 503. The van der Waals surface area contributed by atoms with Crippen molar-refractivity contribution in [1.82, 2.24) is 0 Å². The first-order valence-electron chi connectivity index (χ1n) is 9.22. The first-order chi connectivity index (χ1) is 10.4. The summed E-state index contributed by atoms with van der Waals surface area (Å²) in [4.78, 5) is 12.2. The Morgan fingerprint density at radius 1 is 1.18 bits per heavy atom. The Kier molecular flexibility index (Phi) is 3.14. The van der Waals surface area contributed by atoms with Gasteiger partial charge in [0.15, 0.2) is 0 Å². The molecule has 124 valence electrons. The van der Waals surface area contributed by atoms with E-state index in [-0.39, 0.29) is 23.9 Å². The van der Waals surface area contributed by atoms with Crippen LogP contribution in [0, 0.1) is 34.5 Å². The Balaban J connectivity index is 1.73. The molecule has 3 heteroatoms. The molecule has 22 heavy (non-hydrogen) atoms. The third-order valence-electron chi connectivity index (χ3n) is 8.78. The van der Waals surface area contributed by atoms with Gasteiger partial charge >= 0.3 is 0 Å². The van der Waals surface area contributed by atoms with Gasteiger partial charge in [0, 0.05) is 12.3 Å². The van der Waals surface area contributed by atoms with Gasteiger partial charge < -0.3 is 10.2 Å². The second kappa shape index (κ2) is 4.57. The molecule has 3 nitrogen and oxygen atoms in total. The van der Waals surface area contributed by atoms with Crippen molar-refractivity contribution in [3.05, 3.63) is 0 Å². The minimum absolute atomic E-state index is 0.0878. The monoisotopic (exact) mass is 306 g/mol. The van der Waals surface area contributed by atoms with Crippen LogP contribution in [0.25, 0.3) is 0 Å². The second-order valence-electron chi connectivity index (χ2n) is 9.11. The van der Waals surface area contributed by atoms with Crippen molar-refractivity contribution >= 4 is 5.78 Å². The van der Waals surface area contributed by atoms with E-state index in [0.29, 0.717) is 23.0 Å². The lowest BCUT2D eigenvalue weighted by molar-refractivity contribution is -0.169. The number of aliphatic hydroxyl groups excluding tert-OH is 1. The van der Waals surface area contributed by atoms with Crippen LogP contribution in [0.5, 0.6) is 0 Å². The van der Waals surface area contributed by atoms with E-state index >= 15 is 0 Å². The molecule has 0 radical (unpaired) electrons. The summed E-state index contributed by atoms with van der Waals surface area (Å²) in [6.45, 7) is 4.52. The van der Waals surface area contributed by atoms with Crippen LogP contribution in [0.15, 0.2) is 0 Å². The zero-order valence-electron chi connectivity index (χ0n) is 14.0. The van der Waals surface area contributed by atoms with Crippen LogP contribution < -0.4 is 0 Å². The number of hydrogen-bond acceptors (Lipinski definition) is 3. The number of hydrogen-bond donors (Lipinski definition) is 2. The maximum atomic E-state index is 12.2. The lowest BCUT2D eigenvalue weighted by Gasteiger charge is -2.62. The second-order valence-corrected chi connectivity index (χ2v) is 9.11. The van der Waals surface area contributed by atoms with Gasteiger partial charge in [0.05, 0.1) is 12.2 Å². The minimum atomic E-state index is -0.843. The van der Waals surface area contributed by atoms with Crippen molar-refractivity contribution in [2.45, 2.75) is 70.8 Å². The molecule has 0 aromatic heterocycles. The van der Waals surface area contributed by atoms with Crippen LogP contribution in [-0.4, -0.2) is 28.2 Å². The van der Waals surface area contributed by atoms with Crippen LogP contribution in [0.4, 0.5) is 0 Å². The molecule has 0 amide bonds. The number of ketones is 1. The number of carbonyl (C=O) groups is 1. The van der Waals surface area contributed by atoms with E-state index < -0.39 is 5.60 Å². The average molecular weight is 306 g/mol. The lowest BCUT2D eigenvalue weighted by atomic mass is 9.42. The molecule has 4 aliphatic rings. The van der Waals surface area contributed by atoms with E-state index in [1.54, 1.807) is 0 Å². The molecule has 4 fully saturated rings. The number of Topliss-reactive ketones (excluding diaryl/α,β-unsaturated/α-hetero) is 1. The third-order valence-corrected chi connectivity index (χ3v) is 8.78. The predicted molar refractivity (Wildman–Crippen MR) is 84.2 cm³/mol. The molecule has 0 aromatic carbocycles. The summed E-state index contributed by atoms with van der Waals surface area (Å²) < 4.78 is 0. The number of fused-ring (bicyclic) bond motifs is 2. The molecule has 0 heterocycles. The highest BCUT2D eigenvalue weighted by molar-refractivity contribution is 5.82. The van der Waals surface area contributed by atoms with Gasteiger partial charge in [0.25, 0.3) is 0 Å². The van der Waals surface area contributed by atoms with Gasteiger partial charge in [-0.1, -0.05) is 13.8 Å². The van der Waals surface area contributed by atoms with Crippen molar-refractivity contribution < 1.29 is 15.0 Å². The highest BCUT2D eigenvalue weighted by Gasteiger charge is 2.68. The van der Waals surface area contributed by atoms with Gasteiger partial charge in [-0.3, -0.25) is 4.79 Å². The Labute approximate surface area is 133 Å². The van der Waals surface area contributed by atoms with Gasteiger partial charge in [-0.25, -0.2) is 0 Å². The van der Waals surface area contributed by atoms with Crippen LogP contribution in [-0.2, 0) is 4.79 Å². The molecule has 7 atom stereocenters. The SMILES string of the molecule is CC1C(=O)CC[C@]2(C)C1CCC1CC3C[C@]12CC[C@]3(O)CO.